The van der Waals surface area contributed by atoms with E-state index in [2.05, 4.69) is 10.3 Å². The summed E-state index contributed by atoms with van der Waals surface area (Å²) in [5.74, 6) is 0.236. The number of carbonyl (C=O) groups is 1. The first kappa shape index (κ1) is 14.3. The predicted octanol–water partition coefficient (Wildman–Crippen LogP) is 2.36. The Morgan fingerprint density at radius 2 is 2.33 bits per heavy atom. The zero-order valence-corrected chi connectivity index (χ0v) is 11.0. The Morgan fingerprint density at radius 1 is 1.61 bits per heavy atom. The van der Waals surface area contributed by atoms with Crippen LogP contribution in [0.5, 0.6) is 0 Å². The molecule has 0 fully saturated rings. The fourth-order valence-corrected chi connectivity index (χ4v) is 1.38. The first-order valence-corrected chi connectivity index (χ1v) is 5.90. The molecule has 1 rings (SSSR count). The molecule has 0 aromatic carbocycles. The number of aromatic nitrogens is 1. The van der Waals surface area contributed by atoms with Crippen molar-refractivity contribution in [3.8, 4) is 6.07 Å². The number of nitriles is 1. The van der Waals surface area contributed by atoms with E-state index in [0.29, 0.717) is 17.4 Å². The maximum Gasteiger partial charge on any atom is 0.307 e. The molecule has 0 saturated carbocycles. The minimum atomic E-state index is -0.271. The third-order valence-electron chi connectivity index (χ3n) is 1.95. The molecule has 1 aromatic heterocycles. The molecule has 6 heteroatoms. The lowest BCUT2D eigenvalue weighted by atomic mass is 10.3. The lowest BCUT2D eigenvalue weighted by Crippen LogP contribution is -2.15. The Bertz CT molecular complexity index is 469. The van der Waals surface area contributed by atoms with Crippen molar-refractivity contribution in [2.45, 2.75) is 26.4 Å². The highest BCUT2D eigenvalue weighted by Crippen LogP contribution is 2.15. The predicted molar refractivity (Wildman–Crippen MR) is 68.3 cm³/mol. The largest absolute Gasteiger partial charge is 0.463 e. The number of rotatable bonds is 5. The highest BCUT2D eigenvalue weighted by molar-refractivity contribution is 6.31. The molecule has 0 saturated heterocycles. The highest BCUT2D eigenvalue weighted by Gasteiger charge is 2.06. The summed E-state index contributed by atoms with van der Waals surface area (Å²) in [6.07, 6.45) is 0.126. The Morgan fingerprint density at radius 3 is 2.94 bits per heavy atom. The number of nitrogens with zero attached hydrogens (tertiary/aromatic N) is 2. The molecule has 0 aliphatic carbocycles. The van der Waals surface area contributed by atoms with Crippen LogP contribution in [0.2, 0.25) is 5.02 Å². The summed E-state index contributed by atoms with van der Waals surface area (Å²) in [4.78, 5) is 15.3. The van der Waals surface area contributed by atoms with Gasteiger partial charge in [0.2, 0.25) is 0 Å². The molecular weight excluding hydrogens is 254 g/mol. The van der Waals surface area contributed by atoms with Gasteiger partial charge in [0, 0.05) is 6.54 Å². The number of anilines is 1. The van der Waals surface area contributed by atoms with E-state index in [-0.39, 0.29) is 24.2 Å². The third-order valence-corrected chi connectivity index (χ3v) is 2.26. The molecule has 0 bridgehead atoms. The van der Waals surface area contributed by atoms with Crippen molar-refractivity contribution in [1.29, 1.82) is 5.26 Å². The lowest BCUT2D eigenvalue weighted by Gasteiger charge is -2.09. The standard InChI is InChI=1S/C12H14ClN3O2/c1-8(2)18-12(17)5-6-15-11-4-3-9(13)10(7-14)16-11/h3-4,8H,5-6H2,1-2H3,(H,15,16). The molecule has 0 radical (unpaired) electrons. The maximum absolute atomic E-state index is 11.3. The smallest absolute Gasteiger partial charge is 0.307 e. The summed E-state index contributed by atoms with van der Waals surface area (Å²) in [6, 6.07) is 5.12. The average Bonchev–Trinajstić information content (AvgIpc) is 2.30. The van der Waals surface area contributed by atoms with Gasteiger partial charge in [-0.05, 0) is 26.0 Å². The van der Waals surface area contributed by atoms with Crippen LogP contribution >= 0.6 is 11.6 Å². The molecule has 1 aromatic rings. The van der Waals surface area contributed by atoms with Crippen molar-refractivity contribution in [2.24, 2.45) is 0 Å². The van der Waals surface area contributed by atoms with Crippen LogP contribution in [-0.2, 0) is 9.53 Å². The number of esters is 1. The van der Waals surface area contributed by atoms with Crippen LogP contribution in [0.1, 0.15) is 26.0 Å². The fourth-order valence-electron chi connectivity index (χ4n) is 1.23. The molecule has 1 heterocycles. The summed E-state index contributed by atoms with van der Waals surface area (Å²) in [5.41, 5.74) is 0.159. The quantitative estimate of drug-likeness (QED) is 0.829. The van der Waals surface area contributed by atoms with Gasteiger partial charge in [-0.2, -0.15) is 5.26 Å². The molecule has 5 nitrogen and oxygen atoms in total. The van der Waals surface area contributed by atoms with E-state index in [1.807, 2.05) is 6.07 Å². The van der Waals surface area contributed by atoms with Gasteiger partial charge in [0.1, 0.15) is 11.9 Å². The van der Waals surface area contributed by atoms with Crippen LogP contribution < -0.4 is 5.32 Å². The van der Waals surface area contributed by atoms with Crippen molar-refractivity contribution in [2.75, 3.05) is 11.9 Å². The summed E-state index contributed by atoms with van der Waals surface area (Å²) in [6.45, 7) is 3.99. The molecule has 0 aliphatic heterocycles. The average molecular weight is 268 g/mol. The van der Waals surface area contributed by atoms with Gasteiger partial charge in [0.05, 0.1) is 17.5 Å². The van der Waals surface area contributed by atoms with Gasteiger partial charge in [-0.25, -0.2) is 4.98 Å². The molecule has 0 atom stereocenters. The van der Waals surface area contributed by atoms with Crippen molar-refractivity contribution < 1.29 is 9.53 Å². The van der Waals surface area contributed by atoms with Gasteiger partial charge in [-0.3, -0.25) is 4.79 Å². The fraction of sp³-hybridized carbons (Fsp3) is 0.417. The lowest BCUT2D eigenvalue weighted by molar-refractivity contribution is -0.147. The second-order valence-corrected chi connectivity index (χ2v) is 4.26. The topological polar surface area (TPSA) is 75.0 Å². The maximum atomic E-state index is 11.3. The van der Waals surface area contributed by atoms with Crippen LogP contribution in [0, 0.1) is 11.3 Å². The molecule has 18 heavy (non-hydrogen) atoms. The van der Waals surface area contributed by atoms with E-state index in [1.165, 1.54) is 0 Å². The van der Waals surface area contributed by atoms with Gasteiger partial charge in [0.15, 0.2) is 5.69 Å². The van der Waals surface area contributed by atoms with E-state index in [0.717, 1.165) is 0 Å². The summed E-state index contributed by atoms with van der Waals surface area (Å²) in [7, 11) is 0. The first-order valence-electron chi connectivity index (χ1n) is 5.53. The molecule has 0 aliphatic rings. The number of hydrogen-bond acceptors (Lipinski definition) is 5. The normalized spacial score (nSPS) is 9.94. The molecular formula is C12H14ClN3O2. The number of nitrogens with one attached hydrogen (secondary N) is 1. The van der Waals surface area contributed by atoms with E-state index < -0.39 is 0 Å². The highest BCUT2D eigenvalue weighted by atomic mass is 35.5. The second-order valence-electron chi connectivity index (χ2n) is 3.85. The van der Waals surface area contributed by atoms with E-state index in [1.54, 1.807) is 26.0 Å². The number of hydrogen-bond donors (Lipinski definition) is 1. The van der Waals surface area contributed by atoms with Crippen molar-refractivity contribution in [3.63, 3.8) is 0 Å². The number of halogens is 1. The van der Waals surface area contributed by atoms with Gasteiger partial charge < -0.3 is 10.1 Å². The van der Waals surface area contributed by atoms with Crippen LogP contribution in [0.25, 0.3) is 0 Å². The zero-order chi connectivity index (χ0) is 13.5. The van der Waals surface area contributed by atoms with Gasteiger partial charge in [0.25, 0.3) is 0 Å². The second kappa shape index (κ2) is 6.82. The molecule has 96 valence electrons. The molecule has 0 spiro atoms. The molecule has 1 N–H and O–H groups in total. The SMILES string of the molecule is CC(C)OC(=O)CCNc1ccc(Cl)c(C#N)n1. The van der Waals surface area contributed by atoms with E-state index in [4.69, 9.17) is 21.6 Å². The number of pyridine rings is 1. The summed E-state index contributed by atoms with van der Waals surface area (Å²) in [5, 5.41) is 12.0. The summed E-state index contributed by atoms with van der Waals surface area (Å²) >= 11 is 5.75. The van der Waals surface area contributed by atoms with Crippen LogP contribution in [0.15, 0.2) is 12.1 Å². The first-order chi connectivity index (χ1) is 8.52. The summed E-state index contributed by atoms with van der Waals surface area (Å²) < 4.78 is 4.98. The van der Waals surface area contributed by atoms with Gasteiger partial charge >= 0.3 is 5.97 Å². The Hall–Kier alpha value is -1.80. The van der Waals surface area contributed by atoms with Gasteiger partial charge in [-0.1, -0.05) is 11.6 Å². The minimum Gasteiger partial charge on any atom is -0.463 e. The molecule has 0 amide bonds. The molecule has 0 unspecified atom stereocenters. The van der Waals surface area contributed by atoms with Crippen molar-refractivity contribution in [3.05, 3.63) is 22.8 Å². The Kier molecular flexibility index (Phi) is 5.40. The van der Waals surface area contributed by atoms with Crippen LogP contribution in [-0.4, -0.2) is 23.6 Å². The monoisotopic (exact) mass is 267 g/mol. The van der Waals surface area contributed by atoms with E-state index in [9.17, 15) is 4.79 Å². The van der Waals surface area contributed by atoms with Gasteiger partial charge in [-0.15, -0.1) is 0 Å². The number of carbonyl (C=O) groups excluding carboxylic acids is 1. The van der Waals surface area contributed by atoms with E-state index >= 15 is 0 Å². The Balaban J connectivity index is 2.45. The zero-order valence-electron chi connectivity index (χ0n) is 10.2. The third kappa shape index (κ3) is 4.60. The van der Waals surface area contributed by atoms with Crippen LogP contribution in [0.4, 0.5) is 5.82 Å². The van der Waals surface area contributed by atoms with Crippen LogP contribution in [0.3, 0.4) is 0 Å². The Labute approximate surface area is 111 Å². The van der Waals surface area contributed by atoms with Crippen molar-refractivity contribution >= 4 is 23.4 Å². The minimum absolute atomic E-state index is 0.114. The van der Waals surface area contributed by atoms with Crippen molar-refractivity contribution in [1.82, 2.24) is 4.98 Å². The number of ether oxygens (including phenoxy) is 1.